The first kappa shape index (κ1) is 20.8. The molecule has 0 spiro atoms. The van der Waals surface area contributed by atoms with E-state index in [4.69, 9.17) is 14.2 Å². The number of nitrogens with one attached hydrogen (secondary N) is 1. The first-order chi connectivity index (χ1) is 13.0. The molecule has 0 atom stereocenters. The molecule has 2 aromatic carbocycles. The van der Waals surface area contributed by atoms with Crippen LogP contribution in [0.25, 0.3) is 0 Å². The summed E-state index contributed by atoms with van der Waals surface area (Å²) in [6, 6.07) is 12.6. The SMILES string of the molecule is CCOc1ccc(OCCC(=O)OCC(=O)Nc2ccc(Br)cc2C)cc1. The second-order valence-electron chi connectivity index (χ2n) is 5.67. The number of carbonyl (C=O) groups is 2. The zero-order valence-corrected chi connectivity index (χ0v) is 16.9. The second-order valence-corrected chi connectivity index (χ2v) is 6.59. The molecule has 0 radical (unpaired) electrons. The third kappa shape index (κ3) is 7.30. The molecule has 6 nitrogen and oxygen atoms in total. The van der Waals surface area contributed by atoms with Crippen LogP contribution in [0.5, 0.6) is 11.5 Å². The summed E-state index contributed by atoms with van der Waals surface area (Å²) in [5.41, 5.74) is 1.59. The minimum absolute atomic E-state index is 0.0534. The van der Waals surface area contributed by atoms with Crippen molar-refractivity contribution < 1.29 is 23.8 Å². The van der Waals surface area contributed by atoms with E-state index in [0.717, 1.165) is 15.8 Å². The maximum absolute atomic E-state index is 11.9. The number of aryl methyl sites for hydroxylation is 1. The van der Waals surface area contributed by atoms with Gasteiger partial charge < -0.3 is 19.5 Å². The average molecular weight is 436 g/mol. The van der Waals surface area contributed by atoms with E-state index >= 15 is 0 Å². The number of hydrogen-bond donors (Lipinski definition) is 1. The van der Waals surface area contributed by atoms with Gasteiger partial charge in [-0.3, -0.25) is 9.59 Å². The van der Waals surface area contributed by atoms with Gasteiger partial charge in [0.15, 0.2) is 6.61 Å². The van der Waals surface area contributed by atoms with Crippen molar-refractivity contribution in [2.75, 3.05) is 25.1 Å². The summed E-state index contributed by atoms with van der Waals surface area (Å²) in [5, 5.41) is 2.71. The largest absolute Gasteiger partial charge is 0.494 e. The monoisotopic (exact) mass is 435 g/mol. The van der Waals surface area contributed by atoms with Gasteiger partial charge in [0.25, 0.3) is 5.91 Å². The number of esters is 1. The lowest BCUT2D eigenvalue weighted by Gasteiger charge is -2.10. The predicted molar refractivity (Wildman–Crippen MR) is 106 cm³/mol. The van der Waals surface area contributed by atoms with Crippen molar-refractivity contribution in [3.63, 3.8) is 0 Å². The normalized spacial score (nSPS) is 10.2. The van der Waals surface area contributed by atoms with Gasteiger partial charge in [0, 0.05) is 10.2 Å². The van der Waals surface area contributed by atoms with Gasteiger partial charge in [-0.25, -0.2) is 0 Å². The molecular formula is C20H22BrNO5. The molecule has 2 rings (SSSR count). The Morgan fingerprint density at radius 1 is 1.04 bits per heavy atom. The van der Waals surface area contributed by atoms with Crippen molar-refractivity contribution >= 4 is 33.5 Å². The van der Waals surface area contributed by atoms with E-state index in [1.165, 1.54) is 0 Å². The van der Waals surface area contributed by atoms with Gasteiger partial charge in [-0.15, -0.1) is 0 Å². The molecule has 0 bridgehead atoms. The molecular weight excluding hydrogens is 414 g/mol. The molecule has 0 saturated carbocycles. The van der Waals surface area contributed by atoms with E-state index in [0.29, 0.717) is 18.0 Å². The van der Waals surface area contributed by atoms with E-state index in [2.05, 4.69) is 21.2 Å². The molecule has 144 valence electrons. The van der Waals surface area contributed by atoms with Gasteiger partial charge in [-0.05, 0) is 61.9 Å². The summed E-state index contributed by atoms with van der Waals surface area (Å²) in [5.74, 6) is 0.510. The summed E-state index contributed by atoms with van der Waals surface area (Å²) >= 11 is 3.36. The van der Waals surface area contributed by atoms with Crippen LogP contribution in [0.3, 0.4) is 0 Å². The van der Waals surface area contributed by atoms with Gasteiger partial charge in [-0.1, -0.05) is 15.9 Å². The van der Waals surface area contributed by atoms with Crippen LogP contribution in [0.1, 0.15) is 18.9 Å². The Morgan fingerprint density at radius 3 is 2.33 bits per heavy atom. The van der Waals surface area contributed by atoms with Crippen molar-refractivity contribution in [2.24, 2.45) is 0 Å². The molecule has 7 heteroatoms. The molecule has 0 saturated heterocycles. The number of ether oxygens (including phenoxy) is 3. The minimum atomic E-state index is -0.497. The average Bonchev–Trinajstić information content (AvgIpc) is 2.64. The lowest BCUT2D eigenvalue weighted by Crippen LogP contribution is -2.22. The van der Waals surface area contributed by atoms with Crippen LogP contribution in [0.4, 0.5) is 5.69 Å². The minimum Gasteiger partial charge on any atom is -0.494 e. The fourth-order valence-electron chi connectivity index (χ4n) is 2.22. The molecule has 2 aromatic rings. The summed E-state index contributed by atoms with van der Waals surface area (Å²) in [6.45, 7) is 4.22. The Hall–Kier alpha value is -2.54. The number of amides is 1. The molecule has 0 fully saturated rings. The summed E-state index contributed by atoms with van der Waals surface area (Å²) in [4.78, 5) is 23.6. The van der Waals surface area contributed by atoms with E-state index in [1.807, 2.05) is 26.0 Å². The molecule has 0 aliphatic heterocycles. The van der Waals surface area contributed by atoms with Crippen LogP contribution in [0.15, 0.2) is 46.9 Å². The molecule has 0 unspecified atom stereocenters. The number of benzene rings is 2. The summed E-state index contributed by atoms with van der Waals surface area (Å²) < 4.78 is 16.7. The highest BCUT2D eigenvalue weighted by molar-refractivity contribution is 9.10. The van der Waals surface area contributed by atoms with E-state index in [9.17, 15) is 9.59 Å². The molecule has 0 aliphatic carbocycles. The van der Waals surface area contributed by atoms with Gasteiger partial charge in [0.1, 0.15) is 11.5 Å². The van der Waals surface area contributed by atoms with Gasteiger partial charge in [-0.2, -0.15) is 0 Å². The molecule has 0 aromatic heterocycles. The summed E-state index contributed by atoms with van der Waals surface area (Å²) in [7, 11) is 0. The maximum atomic E-state index is 11.9. The Balaban J connectivity index is 1.67. The Labute approximate surface area is 166 Å². The fourth-order valence-corrected chi connectivity index (χ4v) is 2.70. The van der Waals surface area contributed by atoms with Crippen molar-refractivity contribution in [1.82, 2.24) is 0 Å². The van der Waals surface area contributed by atoms with Crippen molar-refractivity contribution in [2.45, 2.75) is 20.3 Å². The molecule has 0 aliphatic rings. The first-order valence-corrected chi connectivity index (χ1v) is 9.34. The lowest BCUT2D eigenvalue weighted by molar-refractivity contribution is -0.147. The van der Waals surface area contributed by atoms with Crippen LogP contribution >= 0.6 is 15.9 Å². The number of anilines is 1. The van der Waals surface area contributed by atoms with Crippen LogP contribution in [0, 0.1) is 6.92 Å². The zero-order chi connectivity index (χ0) is 19.6. The van der Waals surface area contributed by atoms with Gasteiger partial charge in [0.2, 0.25) is 0 Å². The second kappa shape index (κ2) is 10.6. The standard InChI is InChI=1S/C20H22BrNO5/c1-3-25-16-5-7-17(8-6-16)26-11-10-20(24)27-13-19(23)22-18-9-4-15(21)12-14(18)2/h4-9,12H,3,10-11,13H2,1-2H3,(H,22,23). The number of carbonyl (C=O) groups excluding carboxylic acids is 2. The number of rotatable bonds is 9. The third-order valence-electron chi connectivity index (χ3n) is 3.54. The van der Waals surface area contributed by atoms with Gasteiger partial charge >= 0.3 is 5.97 Å². The van der Waals surface area contributed by atoms with Gasteiger partial charge in [0.05, 0.1) is 19.6 Å². The Morgan fingerprint density at radius 2 is 1.70 bits per heavy atom. The van der Waals surface area contributed by atoms with Crippen molar-refractivity contribution in [3.8, 4) is 11.5 Å². The topological polar surface area (TPSA) is 73.9 Å². The van der Waals surface area contributed by atoms with Crippen molar-refractivity contribution in [3.05, 3.63) is 52.5 Å². The van der Waals surface area contributed by atoms with E-state index < -0.39 is 5.97 Å². The zero-order valence-electron chi connectivity index (χ0n) is 15.3. The molecule has 1 amide bonds. The van der Waals surface area contributed by atoms with Crippen LogP contribution in [-0.4, -0.2) is 31.7 Å². The van der Waals surface area contributed by atoms with Crippen LogP contribution in [-0.2, 0) is 14.3 Å². The fraction of sp³-hybridized carbons (Fsp3) is 0.300. The molecule has 0 heterocycles. The van der Waals surface area contributed by atoms with Crippen molar-refractivity contribution in [1.29, 1.82) is 0 Å². The Bertz CT molecular complexity index is 776. The highest BCUT2D eigenvalue weighted by atomic mass is 79.9. The van der Waals surface area contributed by atoms with Crippen LogP contribution < -0.4 is 14.8 Å². The number of hydrogen-bond acceptors (Lipinski definition) is 5. The molecule has 27 heavy (non-hydrogen) atoms. The third-order valence-corrected chi connectivity index (χ3v) is 4.03. The molecule has 1 N–H and O–H groups in total. The van der Waals surface area contributed by atoms with E-state index in [-0.39, 0.29) is 25.5 Å². The predicted octanol–water partition coefficient (Wildman–Crippen LogP) is 4.11. The number of halogens is 1. The lowest BCUT2D eigenvalue weighted by atomic mass is 10.2. The highest BCUT2D eigenvalue weighted by Gasteiger charge is 2.09. The summed E-state index contributed by atoms with van der Waals surface area (Å²) in [6.07, 6.45) is 0.0534. The van der Waals surface area contributed by atoms with E-state index in [1.54, 1.807) is 30.3 Å². The first-order valence-electron chi connectivity index (χ1n) is 8.55. The highest BCUT2D eigenvalue weighted by Crippen LogP contribution is 2.20. The maximum Gasteiger partial charge on any atom is 0.309 e. The quantitative estimate of drug-likeness (QED) is 0.599. The smallest absolute Gasteiger partial charge is 0.309 e. The Kier molecular flexibility index (Phi) is 8.13. The van der Waals surface area contributed by atoms with Crippen LogP contribution in [0.2, 0.25) is 0 Å².